The Bertz CT molecular complexity index is 677. The first-order chi connectivity index (χ1) is 9.99. The number of hydrogen-bond donors (Lipinski definition) is 3. The molecule has 0 aromatic heterocycles. The maximum atomic E-state index is 13.4. The summed E-state index contributed by atoms with van der Waals surface area (Å²) in [6, 6.07) is 6.83. The van der Waals surface area contributed by atoms with E-state index in [1.807, 2.05) is 0 Å². The molecular formula is C14H13F2N3O2. The summed E-state index contributed by atoms with van der Waals surface area (Å²) in [6.07, 6.45) is 0. The minimum absolute atomic E-state index is 0.136. The zero-order valence-corrected chi connectivity index (χ0v) is 11.1. The van der Waals surface area contributed by atoms with Gasteiger partial charge in [-0.25, -0.2) is 13.6 Å². The van der Waals surface area contributed by atoms with Crippen LogP contribution in [0.2, 0.25) is 0 Å². The van der Waals surface area contributed by atoms with Crippen LogP contribution in [0.4, 0.5) is 30.6 Å². The summed E-state index contributed by atoms with van der Waals surface area (Å²) in [5, 5.41) is 4.76. The topological polar surface area (TPSA) is 76.4 Å². The van der Waals surface area contributed by atoms with Crippen molar-refractivity contribution in [3.8, 4) is 5.75 Å². The summed E-state index contributed by atoms with van der Waals surface area (Å²) >= 11 is 0. The molecule has 2 amide bonds. The maximum Gasteiger partial charge on any atom is 0.323 e. The lowest BCUT2D eigenvalue weighted by Gasteiger charge is -2.12. The van der Waals surface area contributed by atoms with Gasteiger partial charge in [0.25, 0.3) is 0 Å². The van der Waals surface area contributed by atoms with Crippen LogP contribution in [0, 0.1) is 11.6 Å². The van der Waals surface area contributed by atoms with E-state index >= 15 is 0 Å². The number of carbonyl (C=O) groups is 1. The van der Waals surface area contributed by atoms with Gasteiger partial charge in [0.1, 0.15) is 17.4 Å². The van der Waals surface area contributed by atoms with Crippen LogP contribution < -0.4 is 21.1 Å². The number of anilines is 3. The van der Waals surface area contributed by atoms with Crippen LogP contribution in [0.3, 0.4) is 0 Å². The number of urea groups is 1. The normalized spacial score (nSPS) is 10.0. The van der Waals surface area contributed by atoms with Crippen molar-refractivity contribution >= 4 is 23.1 Å². The van der Waals surface area contributed by atoms with Crippen molar-refractivity contribution < 1.29 is 18.3 Å². The fraction of sp³-hybridized carbons (Fsp3) is 0.0714. The quantitative estimate of drug-likeness (QED) is 0.761. The van der Waals surface area contributed by atoms with Gasteiger partial charge < -0.3 is 21.1 Å². The molecule has 0 unspecified atom stereocenters. The van der Waals surface area contributed by atoms with Gasteiger partial charge in [0.15, 0.2) is 0 Å². The molecule has 2 aromatic carbocycles. The summed E-state index contributed by atoms with van der Waals surface area (Å²) in [6.45, 7) is 0. The van der Waals surface area contributed by atoms with Crippen LogP contribution in [-0.4, -0.2) is 13.1 Å². The van der Waals surface area contributed by atoms with E-state index in [-0.39, 0.29) is 5.69 Å². The fourth-order valence-electron chi connectivity index (χ4n) is 1.68. The van der Waals surface area contributed by atoms with E-state index in [9.17, 15) is 13.6 Å². The van der Waals surface area contributed by atoms with Crippen molar-refractivity contribution in [1.82, 2.24) is 0 Å². The van der Waals surface area contributed by atoms with Crippen molar-refractivity contribution in [2.24, 2.45) is 0 Å². The molecule has 0 heterocycles. The van der Waals surface area contributed by atoms with Crippen LogP contribution in [0.15, 0.2) is 36.4 Å². The monoisotopic (exact) mass is 293 g/mol. The highest BCUT2D eigenvalue weighted by molar-refractivity contribution is 6.00. The number of nitrogens with one attached hydrogen (secondary N) is 2. The standard InChI is InChI=1S/C14H13F2N3O2/c1-21-13-7-9(17)3-5-12(13)19-14(20)18-11-4-2-8(15)6-10(11)16/h2-7H,17H2,1H3,(H2,18,19,20). The van der Waals surface area contributed by atoms with Gasteiger partial charge in [0.2, 0.25) is 0 Å². The number of hydrogen-bond acceptors (Lipinski definition) is 3. The zero-order chi connectivity index (χ0) is 15.4. The van der Waals surface area contributed by atoms with Crippen LogP contribution >= 0.6 is 0 Å². The predicted octanol–water partition coefficient (Wildman–Crippen LogP) is 3.20. The molecule has 0 saturated heterocycles. The highest BCUT2D eigenvalue weighted by atomic mass is 19.1. The van der Waals surface area contributed by atoms with Gasteiger partial charge in [-0.2, -0.15) is 0 Å². The molecule has 0 atom stereocenters. The number of benzene rings is 2. The number of nitrogen functional groups attached to an aromatic ring is 1. The Hall–Kier alpha value is -2.83. The van der Waals surface area contributed by atoms with Gasteiger partial charge in [0.05, 0.1) is 18.5 Å². The number of carbonyl (C=O) groups excluding carboxylic acids is 1. The summed E-state index contributed by atoms with van der Waals surface area (Å²) < 4.78 is 31.3. The molecule has 0 spiro atoms. The average Bonchev–Trinajstić information content (AvgIpc) is 2.44. The number of rotatable bonds is 3. The lowest BCUT2D eigenvalue weighted by molar-refractivity contribution is 0.262. The molecular weight excluding hydrogens is 280 g/mol. The Labute approximate surface area is 119 Å². The SMILES string of the molecule is COc1cc(N)ccc1NC(=O)Nc1ccc(F)cc1F. The fourth-order valence-corrected chi connectivity index (χ4v) is 1.68. The van der Waals surface area contributed by atoms with Crippen molar-refractivity contribution in [2.45, 2.75) is 0 Å². The van der Waals surface area contributed by atoms with Crippen LogP contribution in [-0.2, 0) is 0 Å². The Kier molecular flexibility index (Phi) is 4.22. The third-order valence-corrected chi connectivity index (χ3v) is 2.65. The molecule has 0 bridgehead atoms. The largest absolute Gasteiger partial charge is 0.494 e. The lowest BCUT2D eigenvalue weighted by atomic mass is 10.2. The molecule has 0 aliphatic rings. The highest BCUT2D eigenvalue weighted by Gasteiger charge is 2.10. The number of amides is 2. The van der Waals surface area contributed by atoms with Gasteiger partial charge in [0, 0.05) is 17.8 Å². The Morgan fingerprint density at radius 3 is 2.43 bits per heavy atom. The highest BCUT2D eigenvalue weighted by Crippen LogP contribution is 2.26. The summed E-state index contributed by atoms with van der Waals surface area (Å²) in [7, 11) is 1.43. The second-order valence-electron chi connectivity index (χ2n) is 4.16. The first-order valence-corrected chi connectivity index (χ1v) is 5.96. The van der Waals surface area contributed by atoms with Gasteiger partial charge in [-0.15, -0.1) is 0 Å². The van der Waals surface area contributed by atoms with Crippen molar-refractivity contribution in [1.29, 1.82) is 0 Å². The Morgan fingerprint density at radius 1 is 1.10 bits per heavy atom. The summed E-state index contributed by atoms with van der Waals surface area (Å²) in [4.78, 5) is 11.8. The third-order valence-electron chi connectivity index (χ3n) is 2.65. The van der Waals surface area contributed by atoms with Crippen molar-refractivity contribution in [3.63, 3.8) is 0 Å². The number of halogens is 2. The second-order valence-corrected chi connectivity index (χ2v) is 4.16. The maximum absolute atomic E-state index is 13.4. The Morgan fingerprint density at radius 2 is 1.76 bits per heavy atom. The molecule has 0 radical (unpaired) electrons. The first-order valence-electron chi connectivity index (χ1n) is 5.96. The van der Waals surface area contributed by atoms with E-state index < -0.39 is 17.7 Å². The van der Waals surface area contributed by atoms with E-state index in [0.717, 1.165) is 12.1 Å². The van der Waals surface area contributed by atoms with Gasteiger partial charge in [-0.3, -0.25) is 0 Å². The van der Waals surface area contributed by atoms with Gasteiger partial charge >= 0.3 is 6.03 Å². The van der Waals surface area contributed by atoms with Crippen LogP contribution in [0.1, 0.15) is 0 Å². The van der Waals surface area contributed by atoms with Gasteiger partial charge in [-0.1, -0.05) is 0 Å². The number of ether oxygens (including phenoxy) is 1. The van der Waals surface area contributed by atoms with Gasteiger partial charge in [-0.05, 0) is 24.3 Å². The first kappa shape index (κ1) is 14.6. The molecule has 21 heavy (non-hydrogen) atoms. The smallest absolute Gasteiger partial charge is 0.323 e. The minimum atomic E-state index is -0.866. The van der Waals surface area contributed by atoms with E-state index in [1.165, 1.54) is 13.2 Å². The Balaban J connectivity index is 2.11. The molecule has 0 aliphatic carbocycles. The van der Waals surface area contributed by atoms with Crippen molar-refractivity contribution in [3.05, 3.63) is 48.0 Å². The third kappa shape index (κ3) is 3.59. The van der Waals surface area contributed by atoms with E-state index in [0.29, 0.717) is 23.2 Å². The summed E-state index contributed by atoms with van der Waals surface area (Å²) in [5.41, 5.74) is 6.30. The molecule has 7 heteroatoms. The van der Waals surface area contributed by atoms with E-state index in [2.05, 4.69) is 10.6 Å². The van der Waals surface area contributed by atoms with E-state index in [1.54, 1.807) is 12.1 Å². The molecule has 5 nitrogen and oxygen atoms in total. The van der Waals surface area contributed by atoms with E-state index in [4.69, 9.17) is 10.5 Å². The molecule has 2 aromatic rings. The minimum Gasteiger partial charge on any atom is -0.494 e. The second kappa shape index (κ2) is 6.08. The average molecular weight is 293 g/mol. The summed E-state index contributed by atoms with van der Waals surface area (Å²) in [5.74, 6) is -1.22. The van der Waals surface area contributed by atoms with Crippen molar-refractivity contribution in [2.75, 3.05) is 23.5 Å². The lowest BCUT2D eigenvalue weighted by Crippen LogP contribution is -2.20. The molecule has 2 rings (SSSR count). The molecule has 0 fully saturated rings. The molecule has 110 valence electrons. The molecule has 0 saturated carbocycles. The zero-order valence-electron chi connectivity index (χ0n) is 11.1. The predicted molar refractivity (Wildman–Crippen MR) is 76.4 cm³/mol. The number of methoxy groups -OCH3 is 1. The van der Waals surface area contributed by atoms with Crippen LogP contribution in [0.5, 0.6) is 5.75 Å². The number of nitrogens with two attached hydrogens (primary N) is 1. The van der Waals surface area contributed by atoms with Crippen LogP contribution in [0.25, 0.3) is 0 Å². The molecule has 4 N–H and O–H groups in total. The molecule has 0 aliphatic heterocycles.